The van der Waals surface area contributed by atoms with Crippen molar-refractivity contribution in [3.8, 4) is 11.8 Å². The highest BCUT2D eigenvalue weighted by atomic mass is 16.5. The molecule has 0 atom stereocenters. The summed E-state index contributed by atoms with van der Waals surface area (Å²) < 4.78 is 5.16. The molecule has 0 spiro atoms. The van der Waals surface area contributed by atoms with Gasteiger partial charge in [0.25, 0.3) is 0 Å². The Morgan fingerprint density at radius 3 is 2.73 bits per heavy atom. The van der Waals surface area contributed by atoms with E-state index in [9.17, 15) is 0 Å². The Morgan fingerprint density at radius 1 is 1.12 bits per heavy atom. The van der Waals surface area contributed by atoms with Crippen molar-refractivity contribution in [3.05, 3.63) is 71.9 Å². The normalized spacial score (nSPS) is 10.0. The fourth-order valence-corrected chi connectivity index (χ4v) is 2.44. The fourth-order valence-electron chi connectivity index (χ4n) is 2.44. The van der Waals surface area contributed by atoms with Gasteiger partial charge in [-0.1, -0.05) is 18.2 Å². The molecule has 130 valence electrons. The molecule has 1 heterocycles. The number of ether oxygens (including phenoxy) is 1. The van der Waals surface area contributed by atoms with Crippen LogP contribution in [0.1, 0.15) is 11.1 Å². The molecule has 6 nitrogen and oxygen atoms in total. The van der Waals surface area contributed by atoms with Crippen LogP contribution in [0.2, 0.25) is 0 Å². The van der Waals surface area contributed by atoms with E-state index in [1.807, 2.05) is 36.4 Å². The minimum absolute atomic E-state index is 0.556. The molecule has 0 aliphatic carbocycles. The van der Waals surface area contributed by atoms with Crippen molar-refractivity contribution in [2.24, 2.45) is 0 Å². The van der Waals surface area contributed by atoms with Crippen molar-refractivity contribution in [3.63, 3.8) is 0 Å². The van der Waals surface area contributed by atoms with Crippen molar-refractivity contribution in [2.45, 2.75) is 6.42 Å². The number of hydrogen-bond donors (Lipinski definition) is 2. The Hall–Kier alpha value is -3.59. The molecular formula is C20H19N5O. The zero-order chi connectivity index (χ0) is 18.2. The molecule has 6 heteroatoms. The van der Waals surface area contributed by atoms with Gasteiger partial charge in [-0.15, -0.1) is 0 Å². The van der Waals surface area contributed by atoms with E-state index >= 15 is 0 Å². The first-order valence-electron chi connectivity index (χ1n) is 8.24. The molecule has 0 aliphatic heterocycles. The number of nitriles is 1. The van der Waals surface area contributed by atoms with Crippen LogP contribution in [0.25, 0.3) is 0 Å². The van der Waals surface area contributed by atoms with E-state index in [0.717, 1.165) is 24.4 Å². The van der Waals surface area contributed by atoms with Gasteiger partial charge < -0.3 is 15.4 Å². The highest BCUT2D eigenvalue weighted by Gasteiger charge is 2.01. The van der Waals surface area contributed by atoms with E-state index in [2.05, 4.69) is 26.7 Å². The molecule has 1 aromatic heterocycles. The summed E-state index contributed by atoms with van der Waals surface area (Å²) >= 11 is 0. The van der Waals surface area contributed by atoms with E-state index in [4.69, 9.17) is 10.00 Å². The van der Waals surface area contributed by atoms with E-state index in [-0.39, 0.29) is 0 Å². The first kappa shape index (κ1) is 17.2. The lowest BCUT2D eigenvalue weighted by Crippen LogP contribution is -2.08. The third-order valence-electron chi connectivity index (χ3n) is 3.78. The van der Waals surface area contributed by atoms with Crippen LogP contribution in [0.15, 0.2) is 60.8 Å². The van der Waals surface area contributed by atoms with Gasteiger partial charge in [-0.2, -0.15) is 10.2 Å². The second kappa shape index (κ2) is 8.49. The largest absolute Gasteiger partial charge is 0.497 e. The Morgan fingerprint density at radius 2 is 1.96 bits per heavy atom. The molecule has 26 heavy (non-hydrogen) atoms. The van der Waals surface area contributed by atoms with Gasteiger partial charge in [0.05, 0.1) is 18.7 Å². The second-order valence-electron chi connectivity index (χ2n) is 5.61. The number of nitrogens with zero attached hydrogens (tertiary/aromatic N) is 3. The first-order valence-corrected chi connectivity index (χ1v) is 8.24. The summed E-state index contributed by atoms with van der Waals surface area (Å²) in [6, 6.07) is 19.2. The van der Waals surface area contributed by atoms with Crippen LogP contribution in [0.5, 0.6) is 5.75 Å². The van der Waals surface area contributed by atoms with Gasteiger partial charge in [0.15, 0.2) is 0 Å². The molecule has 0 bridgehead atoms. The minimum atomic E-state index is 0.556. The third kappa shape index (κ3) is 4.71. The van der Waals surface area contributed by atoms with Gasteiger partial charge in [0.2, 0.25) is 5.95 Å². The van der Waals surface area contributed by atoms with Crippen LogP contribution in [-0.2, 0) is 6.42 Å². The Labute approximate surface area is 152 Å². The van der Waals surface area contributed by atoms with E-state index < -0.39 is 0 Å². The van der Waals surface area contributed by atoms with Crippen molar-refractivity contribution < 1.29 is 4.74 Å². The Bertz CT molecular complexity index is 903. The molecule has 2 N–H and O–H groups in total. The van der Waals surface area contributed by atoms with Crippen molar-refractivity contribution in [1.29, 1.82) is 5.26 Å². The number of methoxy groups -OCH3 is 1. The quantitative estimate of drug-likeness (QED) is 0.678. The lowest BCUT2D eigenvalue weighted by atomic mass is 10.1. The highest BCUT2D eigenvalue weighted by Crippen LogP contribution is 2.16. The standard InChI is InChI=1S/C20H19N5O/c1-26-18-7-5-15(6-8-18)9-11-22-20-23-12-10-19(25-20)24-17-4-2-3-16(13-17)14-21/h2-8,10,12-13H,9,11H2,1H3,(H2,22,23,24,25). The number of nitrogens with one attached hydrogen (secondary N) is 2. The summed E-state index contributed by atoms with van der Waals surface area (Å²) in [5.74, 6) is 2.08. The third-order valence-corrected chi connectivity index (χ3v) is 3.78. The first-order chi connectivity index (χ1) is 12.8. The van der Waals surface area contributed by atoms with Gasteiger partial charge in [-0.25, -0.2) is 4.98 Å². The summed E-state index contributed by atoms with van der Waals surface area (Å²) in [5.41, 5.74) is 2.62. The zero-order valence-corrected chi connectivity index (χ0v) is 14.4. The van der Waals surface area contributed by atoms with Crippen LogP contribution in [0.3, 0.4) is 0 Å². The summed E-state index contributed by atoms with van der Waals surface area (Å²) in [6.07, 6.45) is 2.55. The molecular weight excluding hydrogens is 326 g/mol. The topological polar surface area (TPSA) is 82.9 Å². The average molecular weight is 345 g/mol. The maximum atomic E-state index is 8.97. The molecule has 0 fully saturated rings. The number of benzene rings is 2. The van der Waals surface area contributed by atoms with Gasteiger partial charge in [-0.3, -0.25) is 0 Å². The predicted molar refractivity (Wildman–Crippen MR) is 102 cm³/mol. The maximum absolute atomic E-state index is 8.97. The van der Waals surface area contributed by atoms with Crippen LogP contribution < -0.4 is 15.4 Å². The maximum Gasteiger partial charge on any atom is 0.224 e. The summed E-state index contributed by atoms with van der Waals surface area (Å²) in [4.78, 5) is 8.68. The van der Waals surface area contributed by atoms with Gasteiger partial charge >= 0.3 is 0 Å². The second-order valence-corrected chi connectivity index (χ2v) is 5.61. The lowest BCUT2D eigenvalue weighted by Gasteiger charge is -2.09. The molecule has 0 unspecified atom stereocenters. The summed E-state index contributed by atoms with van der Waals surface area (Å²) in [6.45, 7) is 0.722. The Balaban J connectivity index is 1.57. The van der Waals surface area contributed by atoms with E-state index in [1.54, 1.807) is 31.5 Å². The highest BCUT2D eigenvalue weighted by molar-refractivity contribution is 5.59. The van der Waals surface area contributed by atoms with Gasteiger partial charge in [-0.05, 0) is 48.4 Å². The molecule has 0 saturated heterocycles. The molecule has 0 radical (unpaired) electrons. The van der Waals surface area contributed by atoms with Crippen molar-refractivity contribution >= 4 is 17.5 Å². The predicted octanol–water partition coefficient (Wildman–Crippen LogP) is 3.76. The van der Waals surface area contributed by atoms with Crippen LogP contribution in [0, 0.1) is 11.3 Å². The van der Waals surface area contributed by atoms with Gasteiger partial charge in [0, 0.05) is 18.4 Å². The van der Waals surface area contributed by atoms with Crippen molar-refractivity contribution in [2.75, 3.05) is 24.3 Å². The number of anilines is 3. The van der Waals surface area contributed by atoms with Crippen LogP contribution in [0.4, 0.5) is 17.5 Å². The fraction of sp³-hybridized carbons (Fsp3) is 0.150. The molecule has 3 rings (SSSR count). The smallest absolute Gasteiger partial charge is 0.224 e. The molecule has 0 aliphatic rings. The average Bonchev–Trinajstić information content (AvgIpc) is 2.69. The summed E-state index contributed by atoms with van der Waals surface area (Å²) in [7, 11) is 1.66. The lowest BCUT2D eigenvalue weighted by molar-refractivity contribution is 0.414. The molecule has 0 saturated carbocycles. The molecule has 0 amide bonds. The van der Waals surface area contributed by atoms with E-state index in [1.165, 1.54) is 5.56 Å². The minimum Gasteiger partial charge on any atom is -0.497 e. The molecule has 2 aromatic carbocycles. The van der Waals surface area contributed by atoms with Crippen LogP contribution in [-0.4, -0.2) is 23.6 Å². The monoisotopic (exact) mass is 345 g/mol. The van der Waals surface area contributed by atoms with Gasteiger partial charge in [0.1, 0.15) is 11.6 Å². The number of aromatic nitrogens is 2. The SMILES string of the molecule is COc1ccc(CCNc2nccc(Nc3cccc(C#N)c3)n2)cc1. The zero-order valence-electron chi connectivity index (χ0n) is 14.4. The molecule has 3 aromatic rings. The van der Waals surface area contributed by atoms with E-state index in [0.29, 0.717) is 17.3 Å². The van der Waals surface area contributed by atoms with Crippen LogP contribution >= 0.6 is 0 Å². The number of rotatable bonds is 7. The number of hydrogen-bond acceptors (Lipinski definition) is 6. The Kier molecular flexibility index (Phi) is 5.63. The van der Waals surface area contributed by atoms with Crippen molar-refractivity contribution in [1.82, 2.24) is 9.97 Å². The summed E-state index contributed by atoms with van der Waals surface area (Å²) in [5, 5.41) is 15.4.